The van der Waals surface area contributed by atoms with Crippen molar-refractivity contribution in [2.45, 2.75) is 52.9 Å². The lowest BCUT2D eigenvalue weighted by atomic mass is 9.88. The Bertz CT molecular complexity index is 471. The van der Waals surface area contributed by atoms with E-state index in [4.69, 9.17) is 4.52 Å². The Balaban J connectivity index is 2.31. The highest BCUT2D eigenvalue weighted by Crippen LogP contribution is 2.29. The van der Waals surface area contributed by atoms with Crippen LogP contribution < -0.4 is 0 Å². The van der Waals surface area contributed by atoms with Crippen LogP contribution in [0.4, 0.5) is 0 Å². The summed E-state index contributed by atoms with van der Waals surface area (Å²) in [6.07, 6.45) is 2.29. The van der Waals surface area contributed by atoms with Crippen LogP contribution in [-0.4, -0.2) is 29.1 Å². The molecule has 0 N–H and O–H groups in total. The average Bonchev–Trinajstić information content (AvgIpc) is 2.70. The lowest BCUT2D eigenvalue weighted by Crippen LogP contribution is -2.40. The van der Waals surface area contributed by atoms with Crippen molar-refractivity contribution in [3.63, 3.8) is 0 Å². The molecule has 4 heteroatoms. The average molecular weight is 264 g/mol. The third-order valence-corrected chi connectivity index (χ3v) is 3.73. The van der Waals surface area contributed by atoms with Gasteiger partial charge >= 0.3 is 0 Å². The quantitative estimate of drug-likeness (QED) is 0.782. The first-order chi connectivity index (χ1) is 8.80. The van der Waals surface area contributed by atoms with Crippen molar-refractivity contribution in [1.29, 1.82) is 0 Å². The summed E-state index contributed by atoms with van der Waals surface area (Å²) in [5.41, 5.74) is 1.26. The summed E-state index contributed by atoms with van der Waals surface area (Å²) >= 11 is 0. The minimum atomic E-state index is -0.176. The van der Waals surface area contributed by atoms with Gasteiger partial charge in [0.15, 0.2) is 0 Å². The van der Waals surface area contributed by atoms with Gasteiger partial charge in [-0.3, -0.25) is 4.79 Å². The molecule has 2 rings (SSSR count). The van der Waals surface area contributed by atoms with Gasteiger partial charge in [0.25, 0.3) is 5.91 Å². The van der Waals surface area contributed by atoms with Gasteiger partial charge in [0.2, 0.25) is 0 Å². The minimum absolute atomic E-state index is 0.0789. The Hall–Kier alpha value is -1.32. The second-order valence-corrected chi connectivity index (χ2v) is 6.71. The molecule has 4 nitrogen and oxygen atoms in total. The molecule has 0 radical (unpaired) electrons. The number of aryl methyl sites for hydroxylation is 1. The van der Waals surface area contributed by atoms with E-state index >= 15 is 0 Å². The molecule has 1 aromatic rings. The van der Waals surface area contributed by atoms with Crippen molar-refractivity contribution in [3.05, 3.63) is 17.0 Å². The number of likely N-dealkylation sites (tertiary alicyclic amines) is 1. The first-order valence-corrected chi connectivity index (χ1v) is 7.06. The smallest absolute Gasteiger partial charge is 0.259 e. The topological polar surface area (TPSA) is 46.3 Å². The van der Waals surface area contributed by atoms with E-state index in [9.17, 15) is 4.79 Å². The maximum Gasteiger partial charge on any atom is 0.259 e. The van der Waals surface area contributed by atoms with E-state index in [0.29, 0.717) is 17.2 Å². The molecular formula is C15H24N2O2. The molecule has 0 bridgehead atoms. The molecule has 0 aliphatic carbocycles. The Kier molecular flexibility index (Phi) is 3.70. The first kappa shape index (κ1) is 14.1. The third-order valence-electron chi connectivity index (χ3n) is 3.73. The predicted molar refractivity (Wildman–Crippen MR) is 74.2 cm³/mol. The van der Waals surface area contributed by atoms with E-state index in [1.807, 2.05) is 11.8 Å². The zero-order valence-electron chi connectivity index (χ0n) is 12.6. The highest BCUT2D eigenvalue weighted by molar-refractivity contribution is 5.96. The molecule has 2 heterocycles. The van der Waals surface area contributed by atoms with E-state index in [1.54, 1.807) is 0 Å². The zero-order valence-corrected chi connectivity index (χ0v) is 12.6. The SMILES string of the molecule is Cc1onc(C(C)(C)C)c1C(=O)N1CCCC(C)C1. The predicted octanol–water partition coefficient (Wildman–Crippen LogP) is 3.15. The highest BCUT2D eigenvalue weighted by Gasteiger charge is 2.32. The van der Waals surface area contributed by atoms with Crippen LogP contribution in [0.3, 0.4) is 0 Å². The molecule has 1 aliphatic rings. The molecule has 0 spiro atoms. The molecule has 1 aromatic heterocycles. The van der Waals surface area contributed by atoms with Crippen molar-refractivity contribution >= 4 is 5.91 Å². The number of hydrogen-bond donors (Lipinski definition) is 0. The number of carbonyl (C=O) groups is 1. The lowest BCUT2D eigenvalue weighted by Gasteiger charge is -2.31. The number of piperidine rings is 1. The fraction of sp³-hybridized carbons (Fsp3) is 0.733. The van der Waals surface area contributed by atoms with Crippen molar-refractivity contribution in [1.82, 2.24) is 10.1 Å². The molecule has 1 saturated heterocycles. The van der Waals surface area contributed by atoms with Gasteiger partial charge in [-0.15, -0.1) is 0 Å². The van der Waals surface area contributed by atoms with E-state index in [1.165, 1.54) is 6.42 Å². The molecular weight excluding hydrogens is 240 g/mol. The van der Waals surface area contributed by atoms with Crippen molar-refractivity contribution < 1.29 is 9.32 Å². The van der Waals surface area contributed by atoms with Crippen LogP contribution in [0.15, 0.2) is 4.52 Å². The van der Waals surface area contributed by atoms with E-state index < -0.39 is 0 Å². The zero-order chi connectivity index (χ0) is 14.2. The van der Waals surface area contributed by atoms with E-state index in [2.05, 4.69) is 32.9 Å². The van der Waals surface area contributed by atoms with Gasteiger partial charge in [-0.05, 0) is 25.7 Å². The normalized spacial score (nSPS) is 20.7. The molecule has 1 aliphatic heterocycles. The van der Waals surface area contributed by atoms with Gasteiger partial charge in [-0.1, -0.05) is 32.9 Å². The molecule has 106 valence electrons. The monoisotopic (exact) mass is 264 g/mol. The second kappa shape index (κ2) is 4.99. The molecule has 19 heavy (non-hydrogen) atoms. The fourth-order valence-corrected chi connectivity index (χ4v) is 2.67. The summed E-state index contributed by atoms with van der Waals surface area (Å²) in [7, 11) is 0. The van der Waals surface area contributed by atoms with Crippen LogP contribution in [0.5, 0.6) is 0 Å². The van der Waals surface area contributed by atoms with Crippen LogP contribution in [0.1, 0.15) is 62.3 Å². The van der Waals surface area contributed by atoms with Crippen molar-refractivity contribution in [2.75, 3.05) is 13.1 Å². The van der Waals surface area contributed by atoms with Gasteiger partial charge in [0.1, 0.15) is 17.0 Å². The summed E-state index contributed by atoms with van der Waals surface area (Å²) in [5.74, 6) is 1.29. The summed E-state index contributed by atoms with van der Waals surface area (Å²) < 4.78 is 5.26. The Labute approximate surface area is 115 Å². The number of hydrogen-bond acceptors (Lipinski definition) is 3. The maximum absolute atomic E-state index is 12.7. The van der Waals surface area contributed by atoms with Gasteiger partial charge in [0, 0.05) is 18.5 Å². The molecule has 1 fully saturated rings. The van der Waals surface area contributed by atoms with E-state index in [0.717, 1.165) is 25.2 Å². The van der Waals surface area contributed by atoms with Gasteiger partial charge in [-0.25, -0.2) is 0 Å². The Morgan fingerprint density at radius 1 is 1.42 bits per heavy atom. The second-order valence-electron chi connectivity index (χ2n) is 6.71. The Morgan fingerprint density at radius 3 is 2.68 bits per heavy atom. The number of amides is 1. The number of nitrogens with zero attached hydrogens (tertiary/aromatic N) is 2. The minimum Gasteiger partial charge on any atom is -0.361 e. The molecule has 0 aromatic carbocycles. The van der Waals surface area contributed by atoms with Crippen LogP contribution in [0.2, 0.25) is 0 Å². The Morgan fingerprint density at radius 2 is 2.11 bits per heavy atom. The van der Waals surface area contributed by atoms with Gasteiger partial charge in [0.05, 0.1) is 0 Å². The molecule has 1 amide bonds. The highest BCUT2D eigenvalue weighted by atomic mass is 16.5. The third kappa shape index (κ3) is 2.82. The lowest BCUT2D eigenvalue weighted by molar-refractivity contribution is 0.0679. The number of rotatable bonds is 1. The summed E-state index contributed by atoms with van der Waals surface area (Å²) in [6, 6.07) is 0. The summed E-state index contributed by atoms with van der Waals surface area (Å²) in [4.78, 5) is 14.7. The summed E-state index contributed by atoms with van der Waals surface area (Å²) in [5, 5.41) is 4.10. The first-order valence-electron chi connectivity index (χ1n) is 7.06. The molecule has 0 saturated carbocycles. The molecule has 1 atom stereocenters. The van der Waals surface area contributed by atoms with Crippen LogP contribution >= 0.6 is 0 Å². The number of carbonyl (C=O) groups excluding carboxylic acids is 1. The van der Waals surface area contributed by atoms with Gasteiger partial charge < -0.3 is 9.42 Å². The standard InChI is InChI=1S/C15H24N2O2/c1-10-7-6-8-17(9-10)14(18)12-11(2)19-16-13(12)15(3,4)5/h10H,6-9H2,1-5H3. The number of aromatic nitrogens is 1. The molecule has 1 unspecified atom stereocenters. The van der Waals surface area contributed by atoms with Crippen LogP contribution in [0.25, 0.3) is 0 Å². The fourth-order valence-electron chi connectivity index (χ4n) is 2.67. The van der Waals surface area contributed by atoms with Gasteiger partial charge in [-0.2, -0.15) is 0 Å². The van der Waals surface area contributed by atoms with Crippen molar-refractivity contribution in [2.24, 2.45) is 5.92 Å². The summed E-state index contributed by atoms with van der Waals surface area (Å²) in [6.45, 7) is 11.9. The van der Waals surface area contributed by atoms with Crippen LogP contribution in [-0.2, 0) is 5.41 Å². The maximum atomic E-state index is 12.7. The van der Waals surface area contributed by atoms with Crippen molar-refractivity contribution in [3.8, 4) is 0 Å². The van der Waals surface area contributed by atoms with E-state index in [-0.39, 0.29) is 11.3 Å². The van der Waals surface area contributed by atoms with Crippen LogP contribution in [0, 0.1) is 12.8 Å². The largest absolute Gasteiger partial charge is 0.361 e.